The zero-order valence-electron chi connectivity index (χ0n) is 17.0. The molecule has 30 heavy (non-hydrogen) atoms. The molecule has 2 N–H and O–H groups in total. The van der Waals surface area contributed by atoms with Gasteiger partial charge in [-0.1, -0.05) is 6.07 Å². The Kier molecular flexibility index (Phi) is 7.35. The van der Waals surface area contributed by atoms with Crippen LogP contribution in [0.25, 0.3) is 0 Å². The van der Waals surface area contributed by atoms with Crippen molar-refractivity contribution < 1.29 is 18.4 Å². The number of piperazine rings is 1. The molecule has 1 saturated heterocycles. The van der Waals surface area contributed by atoms with Crippen LogP contribution in [0.15, 0.2) is 42.5 Å². The lowest BCUT2D eigenvalue weighted by Crippen LogP contribution is -2.47. The molecule has 0 radical (unpaired) electrons. The van der Waals surface area contributed by atoms with E-state index in [2.05, 4.69) is 20.4 Å². The fourth-order valence-corrected chi connectivity index (χ4v) is 3.32. The molecule has 0 atom stereocenters. The van der Waals surface area contributed by atoms with Gasteiger partial charge in [-0.15, -0.1) is 0 Å². The number of nitrogens with one attached hydrogen (secondary N) is 2. The summed E-state index contributed by atoms with van der Waals surface area (Å²) < 4.78 is 26.6. The molecule has 2 amide bonds. The van der Waals surface area contributed by atoms with E-state index in [1.54, 1.807) is 31.2 Å². The van der Waals surface area contributed by atoms with Gasteiger partial charge in [-0.3, -0.25) is 14.5 Å². The molecule has 0 unspecified atom stereocenters. The van der Waals surface area contributed by atoms with Crippen molar-refractivity contribution in [2.75, 3.05) is 49.5 Å². The maximum absolute atomic E-state index is 13.5. The number of hydrogen-bond acceptors (Lipinski definition) is 4. The standard InChI is InChI=1S/C22H26F2N4O2/c1-16-3-6-18(15-20(16)24)26-22(30)21(29)25-9-2-10-27-11-13-28(14-12-27)19-7-4-17(23)5-8-19/h3-8,15H,2,9-14H2,1H3,(H,25,29)(H,26,30). The summed E-state index contributed by atoms with van der Waals surface area (Å²) in [6, 6.07) is 10.8. The number of rotatable bonds is 6. The van der Waals surface area contributed by atoms with E-state index in [0.29, 0.717) is 18.5 Å². The molecular weight excluding hydrogens is 390 g/mol. The molecule has 160 valence electrons. The van der Waals surface area contributed by atoms with E-state index in [0.717, 1.165) is 38.4 Å². The SMILES string of the molecule is Cc1ccc(NC(=O)C(=O)NCCCN2CCN(c3ccc(F)cc3)CC2)cc1F. The van der Waals surface area contributed by atoms with Crippen molar-refractivity contribution in [2.45, 2.75) is 13.3 Å². The van der Waals surface area contributed by atoms with E-state index >= 15 is 0 Å². The van der Waals surface area contributed by atoms with Gasteiger partial charge in [0.2, 0.25) is 0 Å². The second-order valence-corrected chi connectivity index (χ2v) is 7.33. The van der Waals surface area contributed by atoms with Crippen LogP contribution in [-0.2, 0) is 9.59 Å². The third kappa shape index (κ3) is 6.00. The van der Waals surface area contributed by atoms with Gasteiger partial charge in [0.15, 0.2) is 0 Å². The van der Waals surface area contributed by atoms with Crippen molar-refractivity contribution in [3.63, 3.8) is 0 Å². The Morgan fingerprint density at radius 2 is 1.67 bits per heavy atom. The van der Waals surface area contributed by atoms with E-state index < -0.39 is 17.6 Å². The first-order valence-electron chi connectivity index (χ1n) is 10.0. The van der Waals surface area contributed by atoms with E-state index in [9.17, 15) is 18.4 Å². The van der Waals surface area contributed by atoms with Crippen LogP contribution in [0.5, 0.6) is 0 Å². The van der Waals surface area contributed by atoms with Crippen LogP contribution < -0.4 is 15.5 Å². The molecule has 0 aromatic heterocycles. The maximum Gasteiger partial charge on any atom is 0.313 e. The van der Waals surface area contributed by atoms with Crippen LogP contribution >= 0.6 is 0 Å². The van der Waals surface area contributed by atoms with E-state index in [1.165, 1.54) is 18.2 Å². The molecule has 0 spiro atoms. The Morgan fingerprint density at radius 3 is 2.33 bits per heavy atom. The average Bonchev–Trinajstić information content (AvgIpc) is 2.74. The summed E-state index contributed by atoms with van der Waals surface area (Å²) in [5.74, 6) is -2.23. The summed E-state index contributed by atoms with van der Waals surface area (Å²) in [6.07, 6.45) is 0.717. The Balaban J connectivity index is 1.33. The summed E-state index contributed by atoms with van der Waals surface area (Å²) in [4.78, 5) is 28.3. The van der Waals surface area contributed by atoms with Gasteiger partial charge in [0, 0.05) is 44.1 Å². The van der Waals surface area contributed by atoms with Gasteiger partial charge >= 0.3 is 11.8 Å². The van der Waals surface area contributed by atoms with Crippen LogP contribution in [0.1, 0.15) is 12.0 Å². The van der Waals surface area contributed by atoms with Gasteiger partial charge in [0.25, 0.3) is 0 Å². The van der Waals surface area contributed by atoms with Crippen molar-refractivity contribution in [3.05, 3.63) is 59.7 Å². The quantitative estimate of drug-likeness (QED) is 0.561. The number of aryl methyl sites for hydroxylation is 1. The minimum absolute atomic E-state index is 0.237. The van der Waals surface area contributed by atoms with E-state index in [4.69, 9.17) is 0 Å². The molecule has 8 heteroatoms. The number of hydrogen-bond donors (Lipinski definition) is 2. The number of benzene rings is 2. The molecule has 1 fully saturated rings. The lowest BCUT2D eigenvalue weighted by Gasteiger charge is -2.36. The zero-order chi connectivity index (χ0) is 21.5. The minimum atomic E-state index is -0.814. The number of carbonyl (C=O) groups excluding carboxylic acids is 2. The third-order valence-electron chi connectivity index (χ3n) is 5.14. The van der Waals surface area contributed by atoms with Crippen molar-refractivity contribution in [2.24, 2.45) is 0 Å². The first-order valence-corrected chi connectivity index (χ1v) is 10.0. The van der Waals surface area contributed by atoms with Gasteiger partial charge in [-0.2, -0.15) is 0 Å². The van der Waals surface area contributed by atoms with Crippen LogP contribution in [0.3, 0.4) is 0 Å². The molecular formula is C22H26F2N4O2. The fourth-order valence-electron chi connectivity index (χ4n) is 3.32. The van der Waals surface area contributed by atoms with Crippen LogP contribution in [0, 0.1) is 18.6 Å². The maximum atomic E-state index is 13.5. The van der Waals surface area contributed by atoms with Gasteiger partial charge in [-0.25, -0.2) is 8.78 Å². The molecule has 2 aromatic carbocycles. The fraction of sp³-hybridized carbons (Fsp3) is 0.364. The molecule has 0 saturated carbocycles. The molecule has 1 heterocycles. The first kappa shape index (κ1) is 21.7. The first-order chi connectivity index (χ1) is 14.4. The Bertz CT molecular complexity index is 881. The summed E-state index contributed by atoms with van der Waals surface area (Å²) in [5, 5.41) is 4.98. The lowest BCUT2D eigenvalue weighted by molar-refractivity contribution is -0.136. The Labute approximate surface area is 174 Å². The molecule has 1 aliphatic heterocycles. The average molecular weight is 416 g/mol. The zero-order valence-corrected chi connectivity index (χ0v) is 17.0. The van der Waals surface area contributed by atoms with Crippen molar-refractivity contribution in [1.29, 1.82) is 0 Å². The number of amides is 2. The highest BCUT2D eigenvalue weighted by atomic mass is 19.1. The summed E-state index contributed by atoms with van der Waals surface area (Å²) in [6.45, 7) is 6.28. The molecule has 1 aliphatic rings. The summed E-state index contributed by atoms with van der Waals surface area (Å²) in [7, 11) is 0. The van der Waals surface area contributed by atoms with Crippen molar-refractivity contribution >= 4 is 23.2 Å². The van der Waals surface area contributed by atoms with Gasteiger partial charge < -0.3 is 15.5 Å². The highest BCUT2D eigenvalue weighted by molar-refractivity contribution is 6.39. The van der Waals surface area contributed by atoms with E-state index in [1.807, 2.05) is 0 Å². The predicted octanol–water partition coefficient (Wildman–Crippen LogP) is 2.54. The highest BCUT2D eigenvalue weighted by Crippen LogP contribution is 2.17. The van der Waals surface area contributed by atoms with Gasteiger partial charge in [0.1, 0.15) is 11.6 Å². The largest absolute Gasteiger partial charge is 0.369 e. The number of anilines is 2. The monoisotopic (exact) mass is 416 g/mol. The Morgan fingerprint density at radius 1 is 0.967 bits per heavy atom. The molecule has 2 aromatic rings. The number of nitrogens with zero attached hydrogens (tertiary/aromatic N) is 2. The van der Waals surface area contributed by atoms with Crippen LogP contribution in [-0.4, -0.2) is 56.0 Å². The van der Waals surface area contributed by atoms with Gasteiger partial charge in [-0.05, 0) is 61.9 Å². The lowest BCUT2D eigenvalue weighted by atomic mass is 10.2. The second kappa shape index (κ2) is 10.2. The molecule has 0 bridgehead atoms. The third-order valence-corrected chi connectivity index (χ3v) is 5.14. The minimum Gasteiger partial charge on any atom is -0.369 e. The smallest absolute Gasteiger partial charge is 0.313 e. The summed E-state index contributed by atoms with van der Waals surface area (Å²) >= 11 is 0. The van der Waals surface area contributed by atoms with Gasteiger partial charge in [0.05, 0.1) is 0 Å². The van der Waals surface area contributed by atoms with Crippen molar-refractivity contribution in [1.82, 2.24) is 10.2 Å². The summed E-state index contributed by atoms with van der Waals surface area (Å²) in [5.41, 5.74) is 1.73. The van der Waals surface area contributed by atoms with Crippen molar-refractivity contribution in [3.8, 4) is 0 Å². The number of carbonyl (C=O) groups is 2. The predicted molar refractivity (Wildman–Crippen MR) is 112 cm³/mol. The topological polar surface area (TPSA) is 64.7 Å². The van der Waals surface area contributed by atoms with E-state index in [-0.39, 0.29) is 11.5 Å². The molecule has 0 aliphatic carbocycles. The molecule has 3 rings (SSSR count). The highest BCUT2D eigenvalue weighted by Gasteiger charge is 2.18. The number of halogens is 2. The van der Waals surface area contributed by atoms with Crippen LogP contribution in [0.2, 0.25) is 0 Å². The second-order valence-electron chi connectivity index (χ2n) is 7.33. The molecule has 6 nitrogen and oxygen atoms in total. The normalized spacial score (nSPS) is 14.4. The Hall–Kier alpha value is -3.00. The van der Waals surface area contributed by atoms with Crippen LogP contribution in [0.4, 0.5) is 20.2 Å².